The van der Waals surface area contributed by atoms with E-state index < -0.39 is 64.7 Å². The van der Waals surface area contributed by atoms with Gasteiger partial charge in [-0.25, -0.2) is 9.59 Å². The fraction of sp³-hybridized carbons (Fsp3) is 0.732. The van der Waals surface area contributed by atoms with Gasteiger partial charge in [-0.05, 0) is 78.4 Å². The number of fused-ring (bicyclic) bond motifs is 3. The predicted molar refractivity (Wildman–Crippen MR) is 197 cm³/mol. The number of aliphatic hydroxyl groups is 1. The van der Waals surface area contributed by atoms with E-state index in [-0.39, 0.29) is 43.1 Å². The van der Waals surface area contributed by atoms with Gasteiger partial charge in [0.25, 0.3) is 0 Å². The van der Waals surface area contributed by atoms with E-state index in [4.69, 9.17) is 9.47 Å². The van der Waals surface area contributed by atoms with Crippen LogP contribution in [-0.2, 0) is 43.4 Å². The van der Waals surface area contributed by atoms with E-state index in [0.717, 1.165) is 49.7 Å². The monoisotopic (exact) mass is 736 g/mol. The molecule has 6 rings (SSSR count). The number of hydrogen-bond donors (Lipinski definition) is 3. The number of amides is 4. The summed E-state index contributed by atoms with van der Waals surface area (Å²) >= 11 is 0. The normalized spacial score (nSPS) is 33.6. The second kappa shape index (κ2) is 14.5. The number of rotatable bonds is 5. The molecule has 4 bridgehead atoms. The van der Waals surface area contributed by atoms with Crippen LogP contribution in [0.3, 0.4) is 0 Å². The summed E-state index contributed by atoms with van der Waals surface area (Å²) in [6, 6.07) is 4.12. The third-order valence-corrected chi connectivity index (χ3v) is 13.0. The number of hydrogen-bond acceptors (Lipinski definition) is 8. The molecule has 2 aliphatic carbocycles. The van der Waals surface area contributed by atoms with E-state index >= 15 is 0 Å². The highest BCUT2D eigenvalue weighted by molar-refractivity contribution is 5.98. The van der Waals surface area contributed by atoms with Crippen molar-refractivity contribution in [3.05, 3.63) is 34.9 Å². The molecule has 2 unspecified atom stereocenters. The summed E-state index contributed by atoms with van der Waals surface area (Å²) < 4.78 is 11.8. The molecule has 3 aliphatic heterocycles. The highest BCUT2D eigenvalue weighted by Crippen LogP contribution is 2.54. The molecule has 12 heteroatoms. The molecule has 0 spiro atoms. The van der Waals surface area contributed by atoms with E-state index in [2.05, 4.69) is 30.5 Å². The molecule has 0 aromatic heterocycles. The van der Waals surface area contributed by atoms with E-state index in [0.29, 0.717) is 25.9 Å². The van der Waals surface area contributed by atoms with Crippen LogP contribution in [0.1, 0.15) is 123 Å². The number of cyclic esters (lactones) is 1. The van der Waals surface area contributed by atoms with Crippen molar-refractivity contribution < 1.29 is 38.6 Å². The molecule has 1 aromatic carbocycles. The van der Waals surface area contributed by atoms with E-state index in [1.54, 1.807) is 11.8 Å². The van der Waals surface area contributed by atoms with E-state index in [1.807, 2.05) is 39.8 Å². The molecule has 2 saturated carbocycles. The highest BCUT2D eigenvalue weighted by Gasteiger charge is 2.65. The van der Waals surface area contributed by atoms with Gasteiger partial charge in [-0.3, -0.25) is 19.3 Å². The van der Waals surface area contributed by atoms with Gasteiger partial charge in [0.05, 0.1) is 18.7 Å². The zero-order valence-corrected chi connectivity index (χ0v) is 32.7. The number of alkyl carbamates (subject to hydrolysis) is 1. The number of Topliss-reactive ketones (excluding diaryl/α,β-unsaturated/α-hetero) is 1. The maximum atomic E-state index is 14.6. The van der Waals surface area contributed by atoms with Crippen LogP contribution >= 0.6 is 0 Å². The van der Waals surface area contributed by atoms with Crippen molar-refractivity contribution in [1.82, 2.24) is 20.4 Å². The quantitative estimate of drug-likeness (QED) is 0.363. The summed E-state index contributed by atoms with van der Waals surface area (Å²) in [5, 5.41) is 16.9. The summed E-state index contributed by atoms with van der Waals surface area (Å²) in [6.45, 7) is 14.5. The summed E-state index contributed by atoms with van der Waals surface area (Å²) in [6.07, 6.45) is 4.45. The van der Waals surface area contributed by atoms with Gasteiger partial charge in [0, 0.05) is 25.4 Å². The third-order valence-electron chi connectivity index (χ3n) is 13.0. The molecule has 292 valence electrons. The molecular formula is C41H60N4O8. The second-order valence-electron chi connectivity index (χ2n) is 18.2. The van der Waals surface area contributed by atoms with Crippen molar-refractivity contribution >= 4 is 29.8 Å². The largest absolute Gasteiger partial charge is 0.449 e. The molecule has 5 aliphatic rings. The predicted octanol–water partition coefficient (Wildman–Crippen LogP) is 5.41. The van der Waals surface area contributed by atoms with Gasteiger partial charge < -0.3 is 30.1 Å². The first-order valence-corrected chi connectivity index (χ1v) is 19.8. The van der Waals surface area contributed by atoms with E-state index in [9.17, 15) is 29.1 Å². The molecule has 12 nitrogen and oxygen atoms in total. The van der Waals surface area contributed by atoms with Crippen molar-refractivity contribution in [2.24, 2.45) is 22.7 Å². The van der Waals surface area contributed by atoms with Crippen LogP contribution in [-0.4, -0.2) is 87.2 Å². The number of benzene rings is 1. The van der Waals surface area contributed by atoms with Gasteiger partial charge in [0.1, 0.15) is 23.8 Å². The second-order valence-corrected chi connectivity index (χ2v) is 18.2. The molecular weight excluding hydrogens is 676 g/mol. The average Bonchev–Trinajstić information content (AvgIpc) is 3.73. The summed E-state index contributed by atoms with van der Waals surface area (Å²) in [5.41, 5.74) is 0.191. The fourth-order valence-corrected chi connectivity index (χ4v) is 9.38. The molecule has 3 fully saturated rings. The van der Waals surface area contributed by atoms with Crippen molar-refractivity contribution in [3.63, 3.8) is 0 Å². The van der Waals surface area contributed by atoms with Gasteiger partial charge in [0.2, 0.25) is 11.8 Å². The van der Waals surface area contributed by atoms with Crippen molar-refractivity contribution in [1.29, 1.82) is 0 Å². The molecule has 3 heterocycles. The number of carbonyl (C=O) groups excluding carboxylic acids is 5. The van der Waals surface area contributed by atoms with Crippen molar-refractivity contribution in [2.45, 2.75) is 155 Å². The Bertz CT molecular complexity index is 1620. The summed E-state index contributed by atoms with van der Waals surface area (Å²) in [7, 11) is 0. The Kier molecular flexibility index (Phi) is 10.7. The first-order chi connectivity index (χ1) is 24.9. The third kappa shape index (κ3) is 7.54. The van der Waals surface area contributed by atoms with E-state index in [1.165, 1.54) is 10.5 Å². The molecule has 7 atom stereocenters. The lowest BCUT2D eigenvalue weighted by Crippen LogP contribution is -2.74. The molecule has 4 amide bonds. The fourth-order valence-electron chi connectivity index (χ4n) is 9.38. The Balaban J connectivity index is 1.30. The smallest absolute Gasteiger partial charge is 0.410 e. The van der Waals surface area contributed by atoms with Crippen LogP contribution in [0.2, 0.25) is 0 Å². The molecule has 1 aromatic rings. The maximum Gasteiger partial charge on any atom is 0.410 e. The zero-order valence-electron chi connectivity index (χ0n) is 32.7. The van der Waals surface area contributed by atoms with Crippen LogP contribution < -0.4 is 10.6 Å². The Morgan fingerprint density at radius 1 is 1.06 bits per heavy atom. The average molecular weight is 737 g/mol. The van der Waals surface area contributed by atoms with Gasteiger partial charge in [0.15, 0.2) is 5.78 Å². The molecule has 53 heavy (non-hydrogen) atoms. The van der Waals surface area contributed by atoms with Crippen LogP contribution in [0.4, 0.5) is 9.59 Å². The zero-order chi connectivity index (χ0) is 38.5. The highest BCUT2D eigenvalue weighted by atomic mass is 16.6. The first-order valence-electron chi connectivity index (χ1n) is 19.8. The Morgan fingerprint density at radius 2 is 1.79 bits per heavy atom. The molecule has 1 saturated heterocycles. The maximum absolute atomic E-state index is 14.6. The van der Waals surface area contributed by atoms with Crippen molar-refractivity contribution in [2.75, 3.05) is 13.2 Å². The minimum absolute atomic E-state index is 0.0345. The van der Waals surface area contributed by atoms with Gasteiger partial charge in [-0.2, -0.15) is 0 Å². The SMILES string of the molecule is CC[C@@H]1CC[C@]1(NC(=O)[C@@H]1C[C@@H]2CN1C(=O)[C@H](C(C)(C)C)NC(=O)OCC(C)(C)CCCCc1cccc3c1CN(C3)C(=O)O2)C1CC(O)(CC)C1=O. The van der Waals surface area contributed by atoms with Crippen LogP contribution in [0.25, 0.3) is 0 Å². The number of ketones is 1. The number of ether oxygens (including phenoxy) is 2. The molecule has 3 N–H and O–H groups in total. The van der Waals surface area contributed by atoms with Crippen LogP contribution in [0, 0.1) is 22.7 Å². The number of nitrogens with one attached hydrogen (secondary N) is 2. The van der Waals surface area contributed by atoms with Crippen molar-refractivity contribution in [3.8, 4) is 0 Å². The minimum Gasteiger partial charge on any atom is -0.449 e. The Labute approximate surface area is 314 Å². The Hall–Kier alpha value is -3.67. The summed E-state index contributed by atoms with van der Waals surface area (Å²) in [4.78, 5) is 72.7. The van der Waals surface area contributed by atoms with Crippen LogP contribution in [0.15, 0.2) is 18.2 Å². The van der Waals surface area contributed by atoms with Gasteiger partial charge in [-0.15, -0.1) is 0 Å². The number of nitrogens with zero attached hydrogens (tertiary/aromatic N) is 2. The van der Waals surface area contributed by atoms with Gasteiger partial charge >= 0.3 is 12.2 Å². The minimum atomic E-state index is -1.38. The lowest BCUT2D eigenvalue weighted by atomic mass is 9.49. The lowest BCUT2D eigenvalue weighted by Gasteiger charge is -2.60. The standard InChI is InChI=1S/C41H60N4O8/c1-8-27-16-18-41(27,30-20-40(51,9-2)33(30)46)43-34(47)31-19-28-22-45(31)35(48)32(38(3,4)5)42-36(49)52-24-39(6,7)17-11-10-13-25-14-12-15-26-21-44(23-29(25)26)37(50)53-28/h12,14-15,27-28,30-32,51H,8-11,13,16-24H2,1-7H3,(H,42,49)(H,43,47)/t27-,28-,30?,31+,32-,40?,41-/m1/s1. The topological polar surface area (TPSA) is 155 Å². The van der Waals surface area contributed by atoms with Gasteiger partial charge in [-0.1, -0.05) is 79.5 Å². The first kappa shape index (κ1) is 39.0. The number of aryl methyl sites for hydroxylation is 1. The molecule has 0 radical (unpaired) electrons. The number of carbonyl (C=O) groups is 5. The van der Waals surface area contributed by atoms with Crippen LogP contribution in [0.5, 0.6) is 0 Å². The lowest BCUT2D eigenvalue weighted by molar-refractivity contribution is -0.177. The Morgan fingerprint density at radius 3 is 2.43 bits per heavy atom. The summed E-state index contributed by atoms with van der Waals surface area (Å²) in [5.74, 6) is -1.62.